The molecule has 0 unspecified atom stereocenters. The van der Waals surface area contributed by atoms with Crippen molar-refractivity contribution < 1.29 is 9.84 Å². The van der Waals surface area contributed by atoms with Crippen LogP contribution in [0.2, 0.25) is 0 Å². The van der Waals surface area contributed by atoms with E-state index in [1.54, 1.807) is 0 Å². The minimum absolute atomic E-state index is 0.0170. The molecule has 1 N–H and O–H groups in total. The number of alkyl halides is 1. The van der Waals surface area contributed by atoms with Crippen LogP contribution in [-0.4, -0.2) is 33.3 Å². The molecule has 1 saturated heterocycles. The molecule has 2 aliphatic carbocycles. The summed E-state index contributed by atoms with van der Waals surface area (Å²) >= 11 is 6.51. The lowest BCUT2D eigenvalue weighted by Gasteiger charge is -2.55. The first-order chi connectivity index (χ1) is 11.5. The van der Waals surface area contributed by atoms with Gasteiger partial charge in [0.2, 0.25) is 0 Å². The maximum absolute atomic E-state index is 10.9. The Hall–Kier alpha value is -0.560. The molecule has 0 spiro atoms. The molecule has 1 aliphatic heterocycles. The third-order valence-corrected chi connectivity index (χ3v) is 7.98. The Morgan fingerprint density at radius 2 is 1.92 bits per heavy atom. The summed E-state index contributed by atoms with van der Waals surface area (Å²) in [5, 5.41) is 10.9. The highest BCUT2D eigenvalue weighted by molar-refractivity contribution is 6.21. The second-order valence-corrected chi connectivity index (χ2v) is 10.00. The smallest absolute Gasteiger partial charge is 0.255 e. The number of halogens is 1. The lowest BCUT2D eigenvalue weighted by molar-refractivity contribution is -0.206. The van der Waals surface area contributed by atoms with Crippen LogP contribution in [0.25, 0.3) is 4.85 Å². The Labute approximate surface area is 157 Å². The SMILES string of the molecule is [C-]#[N+][C@@H]1[C@H]2[C@H](CC[C@@]1(C)O)C(C)=CC[C@@H]2[C@@]1(C)CC[C@H](Cl)C(C)(C)O1. The molecule has 1 heterocycles. The summed E-state index contributed by atoms with van der Waals surface area (Å²) in [6.45, 7) is 18.2. The molecule has 0 bridgehead atoms. The molecule has 1 saturated carbocycles. The zero-order chi connectivity index (χ0) is 18.6. The summed E-state index contributed by atoms with van der Waals surface area (Å²) < 4.78 is 6.61. The van der Waals surface area contributed by atoms with Crippen molar-refractivity contribution in [2.24, 2.45) is 17.8 Å². The van der Waals surface area contributed by atoms with Crippen LogP contribution in [0.3, 0.4) is 0 Å². The Bertz CT molecular complexity index is 606. The van der Waals surface area contributed by atoms with E-state index in [4.69, 9.17) is 22.9 Å². The molecule has 0 aromatic rings. The predicted octanol–water partition coefficient (Wildman–Crippen LogP) is 4.97. The van der Waals surface area contributed by atoms with Crippen LogP contribution >= 0.6 is 11.6 Å². The summed E-state index contributed by atoms with van der Waals surface area (Å²) in [5.41, 5.74) is -0.190. The molecule has 3 rings (SSSR count). The fourth-order valence-electron chi connectivity index (χ4n) is 5.70. The minimum Gasteiger partial charge on any atom is -0.382 e. The molecular formula is C21H32ClNO2. The number of hydrogen-bond acceptors (Lipinski definition) is 2. The van der Waals surface area contributed by atoms with Crippen molar-refractivity contribution in [3.63, 3.8) is 0 Å². The molecule has 140 valence electrons. The van der Waals surface area contributed by atoms with Crippen LogP contribution in [0.5, 0.6) is 0 Å². The first-order valence-corrected chi connectivity index (χ1v) is 10.1. The molecule has 3 nitrogen and oxygen atoms in total. The monoisotopic (exact) mass is 365 g/mol. The van der Waals surface area contributed by atoms with E-state index in [9.17, 15) is 5.11 Å². The summed E-state index contributed by atoms with van der Waals surface area (Å²) in [6, 6.07) is -0.364. The van der Waals surface area contributed by atoms with Crippen LogP contribution in [-0.2, 0) is 4.74 Å². The van der Waals surface area contributed by atoms with Crippen molar-refractivity contribution in [3.05, 3.63) is 23.1 Å². The summed E-state index contributed by atoms with van der Waals surface area (Å²) in [4.78, 5) is 3.94. The maximum atomic E-state index is 10.9. The van der Waals surface area contributed by atoms with E-state index in [2.05, 4.69) is 38.6 Å². The van der Waals surface area contributed by atoms with Gasteiger partial charge in [0, 0.05) is 11.8 Å². The first-order valence-electron chi connectivity index (χ1n) is 9.62. The highest BCUT2D eigenvalue weighted by Gasteiger charge is 2.59. The van der Waals surface area contributed by atoms with Crippen LogP contribution in [0.1, 0.15) is 66.7 Å². The van der Waals surface area contributed by atoms with Crippen LogP contribution in [0.15, 0.2) is 11.6 Å². The second kappa shape index (κ2) is 6.25. The Morgan fingerprint density at radius 3 is 2.52 bits per heavy atom. The normalized spacial score (nSPS) is 49.7. The van der Waals surface area contributed by atoms with Gasteiger partial charge in [0.25, 0.3) is 6.04 Å². The highest BCUT2D eigenvalue weighted by atomic mass is 35.5. The van der Waals surface area contributed by atoms with E-state index in [-0.39, 0.29) is 34.5 Å². The van der Waals surface area contributed by atoms with E-state index in [0.29, 0.717) is 12.3 Å². The molecule has 4 heteroatoms. The molecule has 0 aromatic heterocycles. The zero-order valence-corrected chi connectivity index (χ0v) is 16.9. The van der Waals surface area contributed by atoms with Crippen LogP contribution in [0.4, 0.5) is 0 Å². The molecule has 7 atom stereocenters. The quantitative estimate of drug-likeness (QED) is 0.404. The Morgan fingerprint density at radius 1 is 1.24 bits per heavy atom. The molecule has 0 amide bonds. The maximum Gasteiger partial charge on any atom is 0.255 e. The first kappa shape index (κ1) is 19.2. The van der Waals surface area contributed by atoms with Gasteiger partial charge in [-0.05, 0) is 72.6 Å². The van der Waals surface area contributed by atoms with E-state index < -0.39 is 5.60 Å². The van der Waals surface area contributed by atoms with Gasteiger partial charge in [-0.25, -0.2) is 6.57 Å². The average Bonchev–Trinajstić information content (AvgIpc) is 2.50. The standard InChI is InChI=1S/C21H32ClNO2/c1-13-7-8-15(21(5)12-10-16(22)19(2,3)25-21)17-14(13)9-11-20(4,24)18(17)23-6/h7,14-18,24H,8-12H2,1-5H3/t14-,15+,16+,17+,18-,20-,21-/m1/s1. The number of ether oxygens (including phenoxy) is 1. The third-order valence-electron chi connectivity index (χ3n) is 7.24. The molecule has 0 aromatic carbocycles. The van der Waals surface area contributed by atoms with Gasteiger partial charge >= 0.3 is 0 Å². The lowest BCUT2D eigenvalue weighted by Crippen LogP contribution is -2.60. The van der Waals surface area contributed by atoms with Gasteiger partial charge in [-0.15, -0.1) is 11.6 Å². The van der Waals surface area contributed by atoms with Gasteiger partial charge in [0.1, 0.15) is 5.60 Å². The summed E-state index contributed by atoms with van der Waals surface area (Å²) in [5.74, 6) is 0.782. The topological polar surface area (TPSA) is 33.8 Å². The van der Waals surface area contributed by atoms with Crippen molar-refractivity contribution in [2.75, 3.05) is 0 Å². The zero-order valence-electron chi connectivity index (χ0n) is 16.2. The van der Waals surface area contributed by atoms with Gasteiger partial charge < -0.3 is 14.7 Å². The number of allylic oxidation sites excluding steroid dienone is 2. The molecule has 0 radical (unpaired) electrons. The van der Waals surface area contributed by atoms with E-state index in [1.165, 1.54) is 5.57 Å². The average molecular weight is 366 g/mol. The van der Waals surface area contributed by atoms with Crippen LogP contribution < -0.4 is 0 Å². The Kier molecular flexibility index (Phi) is 4.81. The van der Waals surface area contributed by atoms with Crippen molar-refractivity contribution in [2.45, 2.75) is 94.9 Å². The number of fused-ring (bicyclic) bond motifs is 1. The second-order valence-electron chi connectivity index (χ2n) is 9.47. The number of aliphatic hydroxyl groups is 1. The number of hydrogen-bond donors (Lipinski definition) is 1. The third kappa shape index (κ3) is 3.15. The number of nitrogens with zero attached hydrogens (tertiary/aromatic N) is 1. The van der Waals surface area contributed by atoms with Crippen molar-refractivity contribution >= 4 is 11.6 Å². The fraction of sp³-hybridized carbons (Fsp3) is 0.857. The highest BCUT2D eigenvalue weighted by Crippen LogP contribution is 2.55. The molecule has 3 aliphatic rings. The van der Waals surface area contributed by atoms with Gasteiger partial charge in [-0.1, -0.05) is 11.6 Å². The molecular weight excluding hydrogens is 334 g/mol. The molecule has 2 fully saturated rings. The molecule has 25 heavy (non-hydrogen) atoms. The van der Waals surface area contributed by atoms with Crippen molar-refractivity contribution in [1.29, 1.82) is 0 Å². The summed E-state index contributed by atoms with van der Waals surface area (Å²) in [6.07, 6.45) is 6.78. The van der Waals surface area contributed by atoms with E-state index in [1.807, 2.05) is 6.92 Å². The fourth-order valence-corrected chi connectivity index (χ4v) is 5.85. The van der Waals surface area contributed by atoms with Gasteiger partial charge in [-0.3, -0.25) is 0 Å². The Balaban J connectivity index is 1.99. The minimum atomic E-state index is -0.908. The van der Waals surface area contributed by atoms with Gasteiger partial charge in [0.05, 0.1) is 16.6 Å². The van der Waals surface area contributed by atoms with Crippen molar-refractivity contribution in [1.82, 2.24) is 0 Å². The van der Waals surface area contributed by atoms with Gasteiger partial charge in [-0.2, -0.15) is 0 Å². The largest absolute Gasteiger partial charge is 0.382 e. The predicted molar refractivity (Wildman–Crippen MR) is 102 cm³/mol. The van der Waals surface area contributed by atoms with Crippen molar-refractivity contribution in [3.8, 4) is 0 Å². The number of rotatable bonds is 1. The summed E-state index contributed by atoms with van der Waals surface area (Å²) in [7, 11) is 0. The van der Waals surface area contributed by atoms with Crippen LogP contribution in [0, 0.1) is 24.3 Å². The lowest BCUT2D eigenvalue weighted by atomic mass is 9.55. The van der Waals surface area contributed by atoms with E-state index in [0.717, 1.165) is 25.7 Å². The van der Waals surface area contributed by atoms with Gasteiger partial charge in [0.15, 0.2) is 0 Å². The van der Waals surface area contributed by atoms with E-state index >= 15 is 0 Å².